The number of ether oxygens (including phenoxy) is 2. The van der Waals surface area contributed by atoms with Gasteiger partial charge in [0.05, 0.1) is 17.7 Å². The van der Waals surface area contributed by atoms with Crippen LogP contribution in [0.25, 0.3) is 17.0 Å². The van der Waals surface area contributed by atoms with E-state index >= 15 is 0 Å². The van der Waals surface area contributed by atoms with Gasteiger partial charge in [0.15, 0.2) is 11.5 Å². The third-order valence-electron chi connectivity index (χ3n) is 4.64. The van der Waals surface area contributed by atoms with E-state index in [2.05, 4.69) is 26.2 Å². The summed E-state index contributed by atoms with van der Waals surface area (Å²) in [4.78, 5) is 15.8. The van der Waals surface area contributed by atoms with Crippen LogP contribution in [-0.2, 0) is 11.2 Å². The summed E-state index contributed by atoms with van der Waals surface area (Å²) in [6.45, 7) is 4.27. The van der Waals surface area contributed by atoms with E-state index in [1.807, 2.05) is 50.4 Å². The number of amides is 1. The first kappa shape index (κ1) is 22.4. The van der Waals surface area contributed by atoms with Crippen molar-refractivity contribution < 1.29 is 14.3 Å². The zero-order valence-corrected chi connectivity index (χ0v) is 19.2. The van der Waals surface area contributed by atoms with E-state index < -0.39 is 5.91 Å². The summed E-state index contributed by atoms with van der Waals surface area (Å²) in [5, 5.41) is 13.5. The van der Waals surface area contributed by atoms with E-state index in [1.54, 1.807) is 19.2 Å². The lowest BCUT2D eigenvalue weighted by Gasteiger charge is -2.16. The van der Waals surface area contributed by atoms with Crippen LogP contribution in [0.4, 0.5) is 0 Å². The molecule has 2 N–H and O–H groups in total. The van der Waals surface area contributed by atoms with E-state index in [-0.39, 0.29) is 11.7 Å². The summed E-state index contributed by atoms with van der Waals surface area (Å²) in [5.74, 6) is 0.683. The summed E-state index contributed by atoms with van der Waals surface area (Å²) in [6.07, 6.45) is 4.12. The molecule has 0 aliphatic heterocycles. The number of fused-ring (bicyclic) bond motifs is 1. The highest BCUT2D eigenvalue weighted by Gasteiger charge is 2.15. The van der Waals surface area contributed by atoms with Crippen molar-refractivity contribution in [1.29, 1.82) is 5.26 Å². The Hall–Kier alpha value is -3.24. The monoisotopic (exact) mass is 481 g/mol. The largest absolute Gasteiger partial charge is 0.493 e. The van der Waals surface area contributed by atoms with Gasteiger partial charge in [0, 0.05) is 23.6 Å². The van der Waals surface area contributed by atoms with Gasteiger partial charge in [0.25, 0.3) is 5.91 Å². The summed E-state index contributed by atoms with van der Waals surface area (Å²) >= 11 is 3.48. The van der Waals surface area contributed by atoms with Crippen molar-refractivity contribution in [3.63, 3.8) is 0 Å². The molecular weight excluding hydrogens is 458 g/mol. The van der Waals surface area contributed by atoms with Gasteiger partial charge in [-0.15, -0.1) is 0 Å². The van der Waals surface area contributed by atoms with E-state index in [4.69, 9.17) is 9.47 Å². The number of carbonyl (C=O) groups excluding carboxylic acids is 1. The number of halogens is 1. The molecule has 3 aromatic rings. The molecule has 1 heterocycles. The number of aromatic nitrogens is 1. The molecule has 0 bridgehead atoms. The highest BCUT2D eigenvalue weighted by molar-refractivity contribution is 9.10. The summed E-state index contributed by atoms with van der Waals surface area (Å²) in [7, 11) is 1.55. The molecule has 2 aromatic carbocycles. The number of rotatable bonds is 8. The molecule has 0 radical (unpaired) electrons. The maximum atomic E-state index is 12.5. The van der Waals surface area contributed by atoms with Gasteiger partial charge in [-0.1, -0.05) is 18.2 Å². The van der Waals surface area contributed by atoms with Crippen molar-refractivity contribution >= 4 is 38.8 Å². The fraction of sp³-hybridized carbons (Fsp3) is 0.250. The van der Waals surface area contributed by atoms with Gasteiger partial charge >= 0.3 is 0 Å². The minimum Gasteiger partial charge on any atom is -0.493 e. The average Bonchev–Trinajstić information content (AvgIpc) is 3.16. The minimum atomic E-state index is -0.417. The first-order valence-corrected chi connectivity index (χ1v) is 10.7. The number of methoxy groups -OCH3 is 1. The van der Waals surface area contributed by atoms with Crippen molar-refractivity contribution in [1.82, 2.24) is 10.3 Å². The average molecular weight is 482 g/mol. The van der Waals surface area contributed by atoms with Crippen LogP contribution in [-0.4, -0.2) is 30.6 Å². The second kappa shape index (κ2) is 10.2. The fourth-order valence-corrected chi connectivity index (χ4v) is 3.79. The normalized spacial score (nSPS) is 11.4. The number of para-hydroxylation sites is 1. The van der Waals surface area contributed by atoms with Crippen LogP contribution in [0, 0.1) is 11.3 Å². The molecular formula is C24H24BrN3O3. The Morgan fingerprint density at radius 1 is 1.32 bits per heavy atom. The number of hydrogen-bond donors (Lipinski definition) is 2. The Labute approximate surface area is 190 Å². The highest BCUT2D eigenvalue weighted by atomic mass is 79.9. The number of hydrogen-bond acceptors (Lipinski definition) is 4. The number of nitriles is 1. The molecule has 0 fully saturated rings. The first-order valence-electron chi connectivity index (χ1n) is 9.92. The van der Waals surface area contributed by atoms with Gasteiger partial charge in [-0.25, -0.2) is 0 Å². The number of benzene rings is 2. The quantitative estimate of drug-likeness (QED) is 0.350. The number of H-pyrrole nitrogens is 1. The van der Waals surface area contributed by atoms with Gasteiger partial charge in [-0.05, 0) is 71.6 Å². The topological polar surface area (TPSA) is 87.1 Å². The summed E-state index contributed by atoms with van der Waals surface area (Å²) < 4.78 is 11.9. The molecule has 3 rings (SSSR count). The Kier molecular flexibility index (Phi) is 7.37. The van der Waals surface area contributed by atoms with Crippen LogP contribution >= 0.6 is 15.9 Å². The Bertz CT molecular complexity index is 1160. The Morgan fingerprint density at radius 3 is 2.81 bits per heavy atom. The lowest BCUT2D eigenvalue weighted by molar-refractivity contribution is -0.117. The van der Waals surface area contributed by atoms with Crippen LogP contribution in [0.15, 0.2) is 52.6 Å². The minimum absolute atomic E-state index is 0.0189. The highest BCUT2D eigenvalue weighted by Crippen LogP contribution is 2.37. The Morgan fingerprint density at radius 2 is 2.10 bits per heavy atom. The molecule has 0 unspecified atom stereocenters. The molecule has 0 aliphatic rings. The van der Waals surface area contributed by atoms with Crippen molar-refractivity contribution in [3.8, 4) is 17.6 Å². The standard InChI is InChI=1S/C24H24BrN3O3/c1-15(2)31-23-20(25)11-16(12-22(23)30-3)10-18(13-26)24(29)27-9-8-17-14-28-21-7-5-4-6-19(17)21/h4-7,10-12,14-15,28H,8-9H2,1-3H3,(H,27,29)/b18-10-. The van der Waals surface area contributed by atoms with Crippen LogP contribution in [0.3, 0.4) is 0 Å². The number of carbonyl (C=O) groups is 1. The van der Waals surface area contributed by atoms with E-state index in [9.17, 15) is 10.1 Å². The zero-order valence-electron chi connectivity index (χ0n) is 17.7. The molecule has 0 spiro atoms. The predicted molar refractivity (Wildman–Crippen MR) is 125 cm³/mol. The van der Waals surface area contributed by atoms with E-state index in [0.29, 0.717) is 34.5 Å². The van der Waals surface area contributed by atoms with Gasteiger partial charge in [-0.3, -0.25) is 4.79 Å². The maximum absolute atomic E-state index is 12.5. The van der Waals surface area contributed by atoms with Gasteiger partial charge in [0.1, 0.15) is 11.6 Å². The zero-order chi connectivity index (χ0) is 22.4. The molecule has 0 saturated heterocycles. The van der Waals surface area contributed by atoms with Crippen LogP contribution in [0.2, 0.25) is 0 Å². The summed E-state index contributed by atoms with van der Waals surface area (Å²) in [6, 6.07) is 13.5. The lowest BCUT2D eigenvalue weighted by Crippen LogP contribution is -2.26. The molecule has 7 heteroatoms. The predicted octanol–water partition coefficient (Wildman–Crippen LogP) is 4.99. The second-order valence-corrected chi connectivity index (χ2v) is 8.09. The molecule has 0 saturated carbocycles. The van der Waals surface area contributed by atoms with Crippen molar-refractivity contribution in [3.05, 3.63) is 63.8 Å². The molecule has 0 atom stereocenters. The molecule has 31 heavy (non-hydrogen) atoms. The fourth-order valence-electron chi connectivity index (χ4n) is 3.23. The smallest absolute Gasteiger partial charge is 0.261 e. The van der Waals surface area contributed by atoms with E-state index in [0.717, 1.165) is 16.5 Å². The van der Waals surface area contributed by atoms with Gasteiger partial charge in [-0.2, -0.15) is 5.26 Å². The number of aromatic amines is 1. The third-order valence-corrected chi connectivity index (χ3v) is 5.23. The van der Waals surface area contributed by atoms with Crippen molar-refractivity contribution in [2.45, 2.75) is 26.4 Å². The number of nitrogens with one attached hydrogen (secondary N) is 2. The molecule has 6 nitrogen and oxygen atoms in total. The third kappa shape index (κ3) is 5.47. The number of nitrogens with zero attached hydrogens (tertiary/aromatic N) is 1. The van der Waals surface area contributed by atoms with Crippen molar-refractivity contribution in [2.24, 2.45) is 0 Å². The van der Waals surface area contributed by atoms with Crippen LogP contribution in [0.1, 0.15) is 25.0 Å². The van der Waals surface area contributed by atoms with Crippen LogP contribution in [0.5, 0.6) is 11.5 Å². The summed E-state index contributed by atoms with van der Waals surface area (Å²) in [5.41, 5.74) is 2.85. The SMILES string of the molecule is COc1cc(/C=C(/C#N)C(=O)NCCc2c[nH]c3ccccc23)cc(Br)c1OC(C)C. The second-order valence-electron chi connectivity index (χ2n) is 7.24. The molecule has 1 aromatic heterocycles. The molecule has 160 valence electrons. The molecule has 0 aliphatic carbocycles. The van der Waals surface area contributed by atoms with Gasteiger partial charge < -0.3 is 19.8 Å². The van der Waals surface area contributed by atoms with Gasteiger partial charge in [0.2, 0.25) is 0 Å². The lowest BCUT2D eigenvalue weighted by atomic mass is 10.1. The Balaban J connectivity index is 1.71. The maximum Gasteiger partial charge on any atom is 0.261 e. The van der Waals surface area contributed by atoms with Crippen molar-refractivity contribution in [2.75, 3.05) is 13.7 Å². The first-order chi connectivity index (χ1) is 14.9. The van der Waals surface area contributed by atoms with Crippen LogP contribution < -0.4 is 14.8 Å². The molecule has 1 amide bonds. The van der Waals surface area contributed by atoms with E-state index in [1.165, 1.54) is 6.08 Å².